The first kappa shape index (κ1) is 22.0. The minimum Gasteiger partial charge on any atom is -0.386 e. The van der Waals surface area contributed by atoms with E-state index in [1.54, 1.807) is 37.3 Å². The molecule has 1 aromatic heterocycles. The number of hydrogen-bond donors (Lipinski definition) is 3. The Morgan fingerprint density at radius 2 is 1.83 bits per heavy atom. The van der Waals surface area contributed by atoms with Crippen molar-refractivity contribution in [3.05, 3.63) is 92.4 Å². The molecule has 2 aromatic carbocycles. The van der Waals surface area contributed by atoms with Gasteiger partial charge in [-0.3, -0.25) is 9.59 Å². The van der Waals surface area contributed by atoms with Crippen LogP contribution in [0.4, 0.5) is 4.39 Å². The molecule has 30 heavy (non-hydrogen) atoms. The molecular weight excluding hydrogens is 427 g/mol. The summed E-state index contributed by atoms with van der Waals surface area (Å²) in [5.41, 5.74) is 1.16. The zero-order valence-electron chi connectivity index (χ0n) is 16.1. The van der Waals surface area contributed by atoms with Gasteiger partial charge in [0.2, 0.25) is 0 Å². The lowest BCUT2D eigenvalue weighted by Crippen LogP contribution is -2.37. The average molecular weight is 447 g/mol. The van der Waals surface area contributed by atoms with Gasteiger partial charge in [-0.2, -0.15) is 0 Å². The van der Waals surface area contributed by atoms with Gasteiger partial charge in [-0.15, -0.1) is 11.3 Å². The largest absolute Gasteiger partial charge is 0.386 e. The molecule has 0 saturated carbocycles. The normalized spacial score (nSPS) is 12.8. The summed E-state index contributed by atoms with van der Waals surface area (Å²) in [5, 5.41) is 17.8. The van der Waals surface area contributed by atoms with Gasteiger partial charge in [0.1, 0.15) is 11.9 Å². The van der Waals surface area contributed by atoms with Crippen LogP contribution >= 0.6 is 22.9 Å². The Morgan fingerprint density at radius 3 is 2.47 bits per heavy atom. The predicted molar refractivity (Wildman–Crippen MR) is 115 cm³/mol. The first-order valence-electron chi connectivity index (χ1n) is 9.20. The van der Waals surface area contributed by atoms with E-state index in [0.29, 0.717) is 17.0 Å². The predicted octanol–water partition coefficient (Wildman–Crippen LogP) is 4.32. The molecule has 156 valence electrons. The number of aliphatic hydroxyl groups excluding tert-OH is 1. The van der Waals surface area contributed by atoms with Gasteiger partial charge in [-0.1, -0.05) is 35.9 Å². The molecule has 0 aliphatic heterocycles. The maximum absolute atomic E-state index is 14.0. The first-order valence-corrected chi connectivity index (χ1v) is 10.5. The van der Waals surface area contributed by atoms with Gasteiger partial charge < -0.3 is 15.7 Å². The number of hydrogen-bond acceptors (Lipinski definition) is 4. The van der Waals surface area contributed by atoms with Crippen molar-refractivity contribution in [2.75, 3.05) is 0 Å². The number of carbonyl (C=O) groups is 2. The molecule has 8 heteroatoms. The van der Waals surface area contributed by atoms with Gasteiger partial charge in [-0.05, 0) is 48.2 Å². The summed E-state index contributed by atoms with van der Waals surface area (Å²) in [5.74, 6) is -1.20. The SMILES string of the molecule is CC(NC(=O)c1ccc(CNC(=O)c2cccs2)cc1)C(O)c1c(F)cccc1Cl. The summed E-state index contributed by atoms with van der Waals surface area (Å²) in [7, 11) is 0. The number of halogens is 2. The number of carbonyl (C=O) groups excluding carboxylic acids is 2. The van der Waals surface area contributed by atoms with Crippen LogP contribution in [0.2, 0.25) is 5.02 Å². The summed E-state index contributed by atoms with van der Waals surface area (Å²) >= 11 is 7.35. The molecule has 5 nitrogen and oxygen atoms in total. The molecule has 0 bridgehead atoms. The van der Waals surface area contributed by atoms with Crippen molar-refractivity contribution >= 4 is 34.8 Å². The molecule has 2 atom stereocenters. The van der Waals surface area contributed by atoms with Gasteiger partial charge in [0.05, 0.1) is 10.9 Å². The molecule has 0 aliphatic rings. The van der Waals surface area contributed by atoms with E-state index in [9.17, 15) is 19.1 Å². The Bertz CT molecular complexity index is 1010. The molecule has 3 rings (SSSR count). The highest BCUT2D eigenvalue weighted by Gasteiger charge is 2.24. The van der Waals surface area contributed by atoms with Crippen molar-refractivity contribution in [3.63, 3.8) is 0 Å². The number of amides is 2. The van der Waals surface area contributed by atoms with Gasteiger partial charge in [0.15, 0.2) is 0 Å². The summed E-state index contributed by atoms with van der Waals surface area (Å²) in [6.45, 7) is 1.90. The third-order valence-corrected chi connectivity index (χ3v) is 5.74. The van der Waals surface area contributed by atoms with Crippen molar-refractivity contribution in [2.45, 2.75) is 25.6 Å². The van der Waals surface area contributed by atoms with E-state index in [4.69, 9.17) is 11.6 Å². The molecule has 3 aromatic rings. The van der Waals surface area contributed by atoms with Crippen LogP contribution < -0.4 is 10.6 Å². The van der Waals surface area contributed by atoms with E-state index in [-0.39, 0.29) is 16.5 Å². The third kappa shape index (κ3) is 5.24. The first-order chi connectivity index (χ1) is 14.4. The monoisotopic (exact) mass is 446 g/mol. The molecular formula is C22H20ClFN2O3S. The van der Waals surface area contributed by atoms with Crippen molar-refractivity contribution in [1.82, 2.24) is 10.6 Å². The Kier molecular flexibility index (Phi) is 7.20. The fourth-order valence-corrected chi connectivity index (χ4v) is 3.78. The summed E-state index contributed by atoms with van der Waals surface area (Å²) < 4.78 is 14.0. The number of rotatable bonds is 7. The molecule has 0 radical (unpaired) electrons. The summed E-state index contributed by atoms with van der Waals surface area (Å²) in [4.78, 5) is 25.1. The lowest BCUT2D eigenvalue weighted by atomic mass is 10.0. The fourth-order valence-electron chi connectivity index (χ4n) is 2.86. The van der Waals surface area contributed by atoms with E-state index < -0.39 is 23.9 Å². The van der Waals surface area contributed by atoms with Crippen molar-refractivity contribution in [2.24, 2.45) is 0 Å². The summed E-state index contributed by atoms with van der Waals surface area (Å²) in [6.07, 6.45) is -1.30. The van der Waals surface area contributed by atoms with Crippen molar-refractivity contribution in [1.29, 1.82) is 0 Å². The number of benzene rings is 2. The van der Waals surface area contributed by atoms with E-state index >= 15 is 0 Å². The molecule has 0 saturated heterocycles. The lowest BCUT2D eigenvalue weighted by molar-refractivity contribution is 0.0845. The topological polar surface area (TPSA) is 78.4 Å². The maximum atomic E-state index is 14.0. The molecule has 0 aliphatic carbocycles. The van der Waals surface area contributed by atoms with Crippen molar-refractivity contribution < 1.29 is 19.1 Å². The van der Waals surface area contributed by atoms with Gasteiger partial charge in [0.25, 0.3) is 11.8 Å². The van der Waals surface area contributed by atoms with Crippen LogP contribution in [0.5, 0.6) is 0 Å². The van der Waals surface area contributed by atoms with Crippen LogP contribution in [-0.2, 0) is 6.54 Å². The maximum Gasteiger partial charge on any atom is 0.261 e. The second-order valence-electron chi connectivity index (χ2n) is 6.70. The minimum atomic E-state index is -1.30. The quantitative estimate of drug-likeness (QED) is 0.505. The standard InChI is InChI=1S/C22H20ClFN2O3S/c1-13(20(27)19-16(23)4-2-5-17(19)24)26-21(28)15-9-7-14(8-10-15)12-25-22(29)18-6-3-11-30-18/h2-11,13,20,27H,12H2,1H3,(H,25,29)(H,26,28). The number of aliphatic hydroxyl groups is 1. The molecule has 2 unspecified atom stereocenters. The van der Waals surface area contributed by atoms with Crippen LogP contribution in [-0.4, -0.2) is 23.0 Å². The second kappa shape index (κ2) is 9.84. The molecule has 0 fully saturated rings. The van der Waals surface area contributed by atoms with Crippen LogP contribution in [0.3, 0.4) is 0 Å². The highest BCUT2D eigenvalue weighted by Crippen LogP contribution is 2.28. The van der Waals surface area contributed by atoms with Gasteiger partial charge in [0, 0.05) is 22.7 Å². The zero-order chi connectivity index (χ0) is 21.7. The molecule has 2 amide bonds. The van der Waals surface area contributed by atoms with Crippen LogP contribution in [0.25, 0.3) is 0 Å². The van der Waals surface area contributed by atoms with E-state index in [1.807, 2.05) is 11.4 Å². The number of nitrogens with one attached hydrogen (secondary N) is 2. The Balaban J connectivity index is 1.58. The van der Waals surface area contributed by atoms with Crippen LogP contribution in [0.15, 0.2) is 60.0 Å². The van der Waals surface area contributed by atoms with E-state index in [1.165, 1.54) is 29.5 Å². The van der Waals surface area contributed by atoms with E-state index in [0.717, 1.165) is 5.56 Å². The van der Waals surface area contributed by atoms with Gasteiger partial charge >= 0.3 is 0 Å². The molecule has 1 heterocycles. The number of thiophene rings is 1. The molecule has 3 N–H and O–H groups in total. The fraction of sp³-hybridized carbons (Fsp3) is 0.182. The van der Waals surface area contributed by atoms with Gasteiger partial charge in [-0.25, -0.2) is 4.39 Å². The Hall–Kier alpha value is -2.74. The van der Waals surface area contributed by atoms with Crippen LogP contribution in [0.1, 0.15) is 44.2 Å². The minimum absolute atomic E-state index is 0.0520. The smallest absolute Gasteiger partial charge is 0.261 e. The van der Waals surface area contributed by atoms with Crippen LogP contribution in [0, 0.1) is 5.82 Å². The Morgan fingerprint density at radius 1 is 1.10 bits per heavy atom. The second-order valence-corrected chi connectivity index (χ2v) is 8.05. The third-order valence-electron chi connectivity index (χ3n) is 4.54. The van der Waals surface area contributed by atoms with E-state index in [2.05, 4.69) is 10.6 Å². The highest BCUT2D eigenvalue weighted by atomic mass is 35.5. The highest BCUT2D eigenvalue weighted by molar-refractivity contribution is 7.12. The lowest BCUT2D eigenvalue weighted by Gasteiger charge is -2.22. The summed E-state index contributed by atoms with van der Waals surface area (Å²) in [6, 6.07) is 13.6. The Labute approximate surface area is 182 Å². The van der Waals surface area contributed by atoms with Crippen molar-refractivity contribution in [3.8, 4) is 0 Å². The average Bonchev–Trinajstić information content (AvgIpc) is 3.27. The molecule has 0 spiro atoms. The zero-order valence-corrected chi connectivity index (χ0v) is 17.6.